The Labute approximate surface area is 112 Å². The largest absolute Gasteiger partial charge is 0.379 e. The first-order valence-corrected chi connectivity index (χ1v) is 7.10. The molecule has 1 aromatic rings. The van der Waals surface area contributed by atoms with Crippen LogP contribution in [0.2, 0.25) is 0 Å². The summed E-state index contributed by atoms with van der Waals surface area (Å²) in [5.41, 5.74) is 1.32. The van der Waals surface area contributed by atoms with Gasteiger partial charge in [-0.1, -0.05) is 51.1 Å². The summed E-state index contributed by atoms with van der Waals surface area (Å²) in [5.74, 6) is 0.712. The van der Waals surface area contributed by atoms with Gasteiger partial charge in [0.05, 0.1) is 12.6 Å². The maximum atomic E-state index is 5.80. The average molecular weight is 249 g/mol. The highest BCUT2D eigenvalue weighted by molar-refractivity contribution is 5.18. The minimum atomic E-state index is 0.318. The van der Waals surface area contributed by atoms with Crippen molar-refractivity contribution in [2.24, 2.45) is 5.92 Å². The Hall–Kier alpha value is -0.860. The highest BCUT2D eigenvalue weighted by Crippen LogP contribution is 2.13. The molecule has 2 nitrogen and oxygen atoms in total. The summed E-state index contributed by atoms with van der Waals surface area (Å²) in [6, 6.07) is 10.9. The fraction of sp³-hybridized carbons (Fsp3) is 0.625. The molecule has 0 bridgehead atoms. The number of ether oxygens (including phenoxy) is 1. The van der Waals surface area contributed by atoms with Gasteiger partial charge >= 0.3 is 0 Å². The zero-order valence-electron chi connectivity index (χ0n) is 12.0. The monoisotopic (exact) mass is 249 g/mol. The average Bonchev–Trinajstić information content (AvgIpc) is 2.38. The molecule has 0 heterocycles. The lowest BCUT2D eigenvalue weighted by Crippen LogP contribution is -2.26. The molecule has 1 N–H and O–H groups in total. The Morgan fingerprint density at radius 2 is 1.89 bits per heavy atom. The van der Waals surface area contributed by atoms with E-state index in [2.05, 4.69) is 56.4 Å². The van der Waals surface area contributed by atoms with Crippen molar-refractivity contribution in [2.75, 3.05) is 19.8 Å². The van der Waals surface area contributed by atoms with E-state index in [4.69, 9.17) is 4.74 Å². The van der Waals surface area contributed by atoms with Crippen molar-refractivity contribution < 1.29 is 4.74 Å². The molecule has 0 radical (unpaired) electrons. The van der Waals surface area contributed by atoms with E-state index >= 15 is 0 Å². The summed E-state index contributed by atoms with van der Waals surface area (Å²) in [7, 11) is 0. The molecule has 0 aliphatic rings. The van der Waals surface area contributed by atoms with Gasteiger partial charge in [-0.3, -0.25) is 0 Å². The molecule has 1 aromatic carbocycles. The standard InChI is InChI=1S/C16H27NO/c1-4-11-17-16(13-18-12-10-14(2)3)15-8-6-5-7-9-15/h5-9,14,16-17H,4,10-13H2,1-3H3. The van der Waals surface area contributed by atoms with E-state index in [1.807, 2.05) is 0 Å². The summed E-state index contributed by atoms with van der Waals surface area (Å²) in [6.45, 7) is 9.30. The van der Waals surface area contributed by atoms with Crippen LogP contribution in [-0.2, 0) is 4.74 Å². The second-order valence-electron chi connectivity index (χ2n) is 5.17. The van der Waals surface area contributed by atoms with E-state index in [0.717, 1.165) is 32.6 Å². The smallest absolute Gasteiger partial charge is 0.0661 e. The number of nitrogens with one attached hydrogen (secondary N) is 1. The van der Waals surface area contributed by atoms with Crippen molar-refractivity contribution in [3.05, 3.63) is 35.9 Å². The molecule has 1 unspecified atom stereocenters. The highest BCUT2D eigenvalue weighted by atomic mass is 16.5. The molecule has 0 fully saturated rings. The Morgan fingerprint density at radius 1 is 1.17 bits per heavy atom. The van der Waals surface area contributed by atoms with Crippen LogP contribution in [0.5, 0.6) is 0 Å². The van der Waals surface area contributed by atoms with Crippen molar-refractivity contribution in [1.82, 2.24) is 5.32 Å². The summed E-state index contributed by atoms with van der Waals surface area (Å²) in [5, 5.41) is 3.55. The molecule has 1 atom stereocenters. The van der Waals surface area contributed by atoms with Gasteiger partial charge in [-0.15, -0.1) is 0 Å². The second kappa shape index (κ2) is 9.12. The predicted molar refractivity (Wildman–Crippen MR) is 77.8 cm³/mol. The first-order chi connectivity index (χ1) is 8.74. The zero-order chi connectivity index (χ0) is 13.2. The van der Waals surface area contributed by atoms with E-state index in [0.29, 0.717) is 12.0 Å². The lowest BCUT2D eigenvalue weighted by atomic mass is 10.1. The third kappa shape index (κ3) is 6.18. The first-order valence-electron chi connectivity index (χ1n) is 7.10. The van der Waals surface area contributed by atoms with E-state index in [9.17, 15) is 0 Å². The van der Waals surface area contributed by atoms with Crippen LogP contribution in [0.25, 0.3) is 0 Å². The van der Waals surface area contributed by atoms with Gasteiger partial charge in [0.2, 0.25) is 0 Å². The van der Waals surface area contributed by atoms with Crippen LogP contribution in [0.3, 0.4) is 0 Å². The van der Waals surface area contributed by atoms with Crippen LogP contribution < -0.4 is 5.32 Å². The predicted octanol–water partition coefficient (Wildman–Crippen LogP) is 3.79. The van der Waals surface area contributed by atoms with Gasteiger partial charge in [-0.05, 0) is 30.9 Å². The maximum absolute atomic E-state index is 5.80. The second-order valence-corrected chi connectivity index (χ2v) is 5.17. The molecule has 0 aliphatic heterocycles. The fourth-order valence-corrected chi connectivity index (χ4v) is 1.80. The Balaban J connectivity index is 2.41. The molecule has 0 amide bonds. The normalized spacial score (nSPS) is 12.9. The Kier molecular flexibility index (Phi) is 7.70. The molecule has 18 heavy (non-hydrogen) atoms. The zero-order valence-corrected chi connectivity index (χ0v) is 12.0. The van der Waals surface area contributed by atoms with Crippen molar-refractivity contribution in [1.29, 1.82) is 0 Å². The summed E-state index contributed by atoms with van der Waals surface area (Å²) < 4.78 is 5.80. The molecule has 0 aromatic heterocycles. The number of rotatable bonds is 9. The maximum Gasteiger partial charge on any atom is 0.0661 e. The number of hydrogen-bond donors (Lipinski definition) is 1. The van der Waals surface area contributed by atoms with Gasteiger partial charge < -0.3 is 10.1 Å². The third-order valence-electron chi connectivity index (χ3n) is 2.97. The molecule has 2 heteroatoms. The van der Waals surface area contributed by atoms with Crippen molar-refractivity contribution >= 4 is 0 Å². The molecule has 0 spiro atoms. The Bertz CT molecular complexity index is 297. The molecular weight excluding hydrogens is 222 g/mol. The van der Waals surface area contributed by atoms with E-state index in [1.54, 1.807) is 0 Å². The molecule has 0 saturated carbocycles. The quantitative estimate of drug-likeness (QED) is 0.672. The third-order valence-corrected chi connectivity index (χ3v) is 2.97. The van der Waals surface area contributed by atoms with Crippen LogP contribution in [0.4, 0.5) is 0 Å². The lowest BCUT2D eigenvalue weighted by molar-refractivity contribution is 0.102. The number of benzene rings is 1. The van der Waals surface area contributed by atoms with Gasteiger partial charge in [0.25, 0.3) is 0 Å². The van der Waals surface area contributed by atoms with E-state index in [1.165, 1.54) is 5.56 Å². The lowest BCUT2D eigenvalue weighted by Gasteiger charge is -2.19. The number of hydrogen-bond acceptors (Lipinski definition) is 2. The minimum Gasteiger partial charge on any atom is -0.379 e. The van der Waals surface area contributed by atoms with Crippen LogP contribution >= 0.6 is 0 Å². The molecular formula is C16H27NO. The van der Waals surface area contributed by atoms with E-state index in [-0.39, 0.29) is 0 Å². The van der Waals surface area contributed by atoms with E-state index < -0.39 is 0 Å². The van der Waals surface area contributed by atoms with Gasteiger partial charge in [0.15, 0.2) is 0 Å². The topological polar surface area (TPSA) is 21.3 Å². The van der Waals surface area contributed by atoms with Crippen molar-refractivity contribution in [3.63, 3.8) is 0 Å². The van der Waals surface area contributed by atoms with Crippen LogP contribution in [0.15, 0.2) is 30.3 Å². The molecule has 0 saturated heterocycles. The molecule has 102 valence electrons. The Morgan fingerprint density at radius 3 is 2.50 bits per heavy atom. The van der Waals surface area contributed by atoms with Crippen LogP contribution in [0, 0.1) is 5.92 Å². The molecule has 0 aliphatic carbocycles. The first kappa shape index (κ1) is 15.2. The summed E-state index contributed by atoms with van der Waals surface area (Å²) in [4.78, 5) is 0. The van der Waals surface area contributed by atoms with Crippen molar-refractivity contribution in [3.8, 4) is 0 Å². The summed E-state index contributed by atoms with van der Waals surface area (Å²) >= 11 is 0. The summed E-state index contributed by atoms with van der Waals surface area (Å²) in [6.07, 6.45) is 2.28. The highest BCUT2D eigenvalue weighted by Gasteiger charge is 2.10. The van der Waals surface area contributed by atoms with Gasteiger partial charge in [-0.25, -0.2) is 0 Å². The SMILES string of the molecule is CCCNC(COCCC(C)C)c1ccccc1. The van der Waals surface area contributed by atoms with Crippen LogP contribution in [0.1, 0.15) is 45.2 Å². The van der Waals surface area contributed by atoms with Gasteiger partial charge in [-0.2, -0.15) is 0 Å². The fourth-order valence-electron chi connectivity index (χ4n) is 1.80. The molecule has 1 rings (SSSR count). The van der Waals surface area contributed by atoms with Crippen LogP contribution in [-0.4, -0.2) is 19.8 Å². The van der Waals surface area contributed by atoms with Gasteiger partial charge in [0.1, 0.15) is 0 Å². The minimum absolute atomic E-state index is 0.318. The van der Waals surface area contributed by atoms with Crippen molar-refractivity contribution in [2.45, 2.75) is 39.7 Å². The van der Waals surface area contributed by atoms with Gasteiger partial charge in [0, 0.05) is 6.61 Å².